The van der Waals surface area contributed by atoms with Crippen LogP contribution in [0.15, 0.2) is 71.6 Å². The molecule has 0 fully saturated rings. The molecule has 0 aliphatic carbocycles. The lowest BCUT2D eigenvalue weighted by atomic mass is 10.1. The molecular formula is C22H17ClN2O2S. The molecule has 140 valence electrons. The van der Waals surface area contributed by atoms with Gasteiger partial charge >= 0.3 is 0 Å². The topological polar surface area (TPSA) is 51.2 Å². The molecule has 4 rings (SSSR count). The summed E-state index contributed by atoms with van der Waals surface area (Å²) in [4.78, 5) is 16.7. The predicted octanol–water partition coefficient (Wildman–Crippen LogP) is 5.11. The zero-order valence-electron chi connectivity index (χ0n) is 14.9. The number of nitrogens with one attached hydrogen (secondary N) is 1. The number of fused-ring (bicyclic) bond motifs is 1. The molecule has 4 nitrogen and oxygen atoms in total. The van der Waals surface area contributed by atoms with E-state index in [1.807, 2.05) is 53.9 Å². The molecule has 1 aliphatic rings. The molecule has 0 atom stereocenters. The third-order valence-corrected chi connectivity index (χ3v) is 5.27. The molecule has 1 aromatic heterocycles. The number of halogens is 1. The number of rotatable bonds is 5. The van der Waals surface area contributed by atoms with E-state index in [0.29, 0.717) is 18.2 Å². The quantitative estimate of drug-likeness (QED) is 0.596. The maximum atomic E-state index is 12.1. The van der Waals surface area contributed by atoms with Crippen molar-refractivity contribution in [2.45, 2.75) is 6.54 Å². The van der Waals surface area contributed by atoms with Crippen LogP contribution in [-0.4, -0.2) is 17.5 Å². The third-order valence-electron chi connectivity index (χ3n) is 4.19. The van der Waals surface area contributed by atoms with Crippen molar-refractivity contribution in [3.8, 4) is 17.0 Å². The molecule has 0 saturated carbocycles. The number of ether oxygens (including phenoxy) is 1. The first-order valence-corrected chi connectivity index (χ1v) is 10.0. The van der Waals surface area contributed by atoms with Crippen LogP contribution in [0.1, 0.15) is 10.6 Å². The lowest BCUT2D eigenvalue weighted by Gasteiger charge is -2.16. The Bertz CT molecular complexity index is 1060. The van der Waals surface area contributed by atoms with Crippen LogP contribution in [0.5, 0.6) is 5.75 Å². The molecule has 0 radical (unpaired) electrons. The second-order valence-corrected chi connectivity index (χ2v) is 7.61. The predicted molar refractivity (Wildman–Crippen MR) is 113 cm³/mol. The van der Waals surface area contributed by atoms with Gasteiger partial charge in [0.15, 0.2) is 0 Å². The van der Waals surface area contributed by atoms with Crippen LogP contribution in [0.2, 0.25) is 5.02 Å². The van der Waals surface area contributed by atoms with Crippen molar-refractivity contribution >= 4 is 34.9 Å². The Labute approximate surface area is 172 Å². The summed E-state index contributed by atoms with van der Waals surface area (Å²) in [5.41, 5.74) is 3.81. The van der Waals surface area contributed by atoms with Gasteiger partial charge in [-0.2, -0.15) is 0 Å². The Hall–Kier alpha value is -2.89. The molecule has 1 N–H and O–H groups in total. The second-order valence-electron chi connectivity index (χ2n) is 6.23. The highest BCUT2D eigenvalue weighted by Crippen LogP contribution is 2.29. The molecule has 3 aromatic rings. The maximum absolute atomic E-state index is 12.1. The monoisotopic (exact) mass is 408 g/mol. The van der Waals surface area contributed by atoms with Crippen molar-refractivity contribution in [1.29, 1.82) is 0 Å². The zero-order valence-corrected chi connectivity index (χ0v) is 16.5. The minimum Gasteiger partial charge on any atom is -0.488 e. The average molecular weight is 409 g/mol. The molecule has 0 saturated heterocycles. The molecule has 28 heavy (non-hydrogen) atoms. The van der Waals surface area contributed by atoms with Crippen LogP contribution in [0.25, 0.3) is 17.3 Å². The number of carbonyl (C=O) groups is 1. The van der Waals surface area contributed by atoms with E-state index in [1.54, 1.807) is 12.1 Å². The van der Waals surface area contributed by atoms with Crippen molar-refractivity contribution in [2.24, 2.45) is 0 Å². The van der Waals surface area contributed by atoms with Gasteiger partial charge in [-0.15, -0.1) is 11.3 Å². The average Bonchev–Trinajstić information content (AvgIpc) is 3.20. The van der Waals surface area contributed by atoms with Crippen molar-refractivity contribution in [1.82, 2.24) is 10.3 Å². The summed E-state index contributed by atoms with van der Waals surface area (Å²) < 4.78 is 5.68. The number of hydrogen-bond acceptors (Lipinski definition) is 4. The third kappa shape index (κ3) is 4.50. The minimum atomic E-state index is -0.172. The summed E-state index contributed by atoms with van der Waals surface area (Å²) in [6.07, 6.45) is 5.24. The number of thiazole rings is 1. The SMILES string of the molecule is O=C(/C=C\C1=Cc2cc(Cl)ccc2OC1)NCc1nc(-c2ccccc2)cs1. The van der Waals surface area contributed by atoms with Gasteiger partial charge in [0.1, 0.15) is 17.4 Å². The van der Waals surface area contributed by atoms with Gasteiger partial charge in [-0.05, 0) is 29.8 Å². The zero-order chi connectivity index (χ0) is 19.3. The van der Waals surface area contributed by atoms with Crippen molar-refractivity contribution < 1.29 is 9.53 Å². The van der Waals surface area contributed by atoms with E-state index in [1.165, 1.54) is 17.4 Å². The highest BCUT2D eigenvalue weighted by atomic mass is 35.5. The largest absolute Gasteiger partial charge is 0.488 e. The van der Waals surface area contributed by atoms with E-state index in [9.17, 15) is 4.79 Å². The van der Waals surface area contributed by atoms with E-state index < -0.39 is 0 Å². The molecule has 0 spiro atoms. The van der Waals surface area contributed by atoms with Crippen LogP contribution in [0.4, 0.5) is 0 Å². The van der Waals surface area contributed by atoms with E-state index in [-0.39, 0.29) is 5.91 Å². The number of carbonyl (C=O) groups excluding carboxylic acids is 1. The van der Waals surface area contributed by atoms with Gasteiger partial charge in [-0.25, -0.2) is 4.98 Å². The Morgan fingerprint density at radius 1 is 1.25 bits per heavy atom. The fraction of sp³-hybridized carbons (Fsp3) is 0.0909. The Kier molecular flexibility index (Phi) is 5.55. The summed E-state index contributed by atoms with van der Waals surface area (Å²) in [6, 6.07) is 15.5. The highest BCUT2D eigenvalue weighted by Gasteiger charge is 2.10. The van der Waals surface area contributed by atoms with Crippen molar-refractivity contribution in [3.63, 3.8) is 0 Å². The van der Waals surface area contributed by atoms with Crippen LogP contribution in [0.3, 0.4) is 0 Å². The van der Waals surface area contributed by atoms with Crippen LogP contribution < -0.4 is 10.1 Å². The van der Waals surface area contributed by atoms with Gasteiger partial charge in [-0.3, -0.25) is 4.79 Å². The summed E-state index contributed by atoms with van der Waals surface area (Å²) in [5, 5.41) is 6.38. The standard InChI is InChI=1S/C22H17ClN2O2S/c23-18-7-8-20-17(11-18)10-15(13-27-20)6-9-21(26)24-12-22-25-19(14-28-22)16-4-2-1-3-5-16/h1-11,14H,12-13H2,(H,24,26)/b9-6-. The van der Waals surface area contributed by atoms with Gasteiger partial charge in [0.05, 0.1) is 12.2 Å². The normalized spacial score (nSPS) is 13.0. The molecule has 1 aliphatic heterocycles. The molecular weight excluding hydrogens is 392 g/mol. The van der Waals surface area contributed by atoms with Crippen LogP contribution >= 0.6 is 22.9 Å². The summed E-state index contributed by atoms with van der Waals surface area (Å²) in [5.74, 6) is 0.623. The molecule has 0 unspecified atom stereocenters. The van der Waals surface area contributed by atoms with E-state index in [4.69, 9.17) is 16.3 Å². The van der Waals surface area contributed by atoms with Gasteiger partial charge in [-0.1, -0.05) is 48.0 Å². The van der Waals surface area contributed by atoms with Crippen LogP contribution in [0, 0.1) is 0 Å². The Balaban J connectivity index is 1.34. The number of hydrogen-bond donors (Lipinski definition) is 1. The Morgan fingerprint density at radius 3 is 2.96 bits per heavy atom. The van der Waals surface area contributed by atoms with Crippen molar-refractivity contribution in [2.75, 3.05) is 6.61 Å². The number of aromatic nitrogens is 1. The first kappa shape index (κ1) is 18.5. The first-order chi connectivity index (χ1) is 13.7. The molecule has 2 aromatic carbocycles. The van der Waals surface area contributed by atoms with E-state index in [2.05, 4.69) is 10.3 Å². The van der Waals surface area contributed by atoms with E-state index in [0.717, 1.165) is 33.2 Å². The number of amides is 1. The summed E-state index contributed by atoms with van der Waals surface area (Å²) in [6.45, 7) is 0.819. The molecule has 0 bridgehead atoms. The minimum absolute atomic E-state index is 0.172. The highest BCUT2D eigenvalue weighted by molar-refractivity contribution is 7.09. The van der Waals surface area contributed by atoms with E-state index >= 15 is 0 Å². The second kappa shape index (κ2) is 8.42. The Morgan fingerprint density at radius 2 is 2.11 bits per heavy atom. The van der Waals surface area contributed by atoms with Gasteiger partial charge < -0.3 is 10.1 Å². The fourth-order valence-corrected chi connectivity index (χ4v) is 3.72. The summed E-state index contributed by atoms with van der Waals surface area (Å²) >= 11 is 7.55. The molecule has 6 heteroatoms. The number of nitrogens with zero attached hydrogens (tertiary/aromatic N) is 1. The van der Waals surface area contributed by atoms with Gasteiger partial charge in [0.2, 0.25) is 5.91 Å². The number of benzene rings is 2. The first-order valence-electron chi connectivity index (χ1n) is 8.76. The van der Waals surface area contributed by atoms with Crippen LogP contribution in [-0.2, 0) is 11.3 Å². The maximum Gasteiger partial charge on any atom is 0.244 e. The molecule has 1 amide bonds. The fourth-order valence-electron chi connectivity index (χ4n) is 2.80. The van der Waals surface area contributed by atoms with Gasteiger partial charge in [0, 0.05) is 27.6 Å². The lowest BCUT2D eigenvalue weighted by molar-refractivity contribution is -0.116. The smallest absolute Gasteiger partial charge is 0.244 e. The lowest BCUT2D eigenvalue weighted by Crippen LogP contribution is -2.20. The summed E-state index contributed by atoms with van der Waals surface area (Å²) in [7, 11) is 0. The van der Waals surface area contributed by atoms with Gasteiger partial charge in [0.25, 0.3) is 0 Å². The molecule has 2 heterocycles. The van der Waals surface area contributed by atoms with Crippen molar-refractivity contribution in [3.05, 3.63) is 87.2 Å².